The minimum Gasteiger partial charge on any atom is -0.487 e. The third kappa shape index (κ3) is 8.76. The van der Waals surface area contributed by atoms with Gasteiger partial charge in [-0.3, -0.25) is 10.1 Å². The van der Waals surface area contributed by atoms with Crippen LogP contribution in [0.5, 0.6) is 5.75 Å². The van der Waals surface area contributed by atoms with Crippen LogP contribution >= 0.6 is 0 Å². The van der Waals surface area contributed by atoms with Gasteiger partial charge in [0.15, 0.2) is 0 Å². The van der Waals surface area contributed by atoms with E-state index in [1.165, 1.54) is 17.0 Å². The Morgan fingerprint density at radius 3 is 1.70 bits per heavy atom. The topological polar surface area (TPSA) is 132 Å². The SMILES string of the molecule is CC(C)(C)OC(=O)N1CC(O)C1.CC(C)(C)OC(=O)N1CC(Oc2ccc([N+](=O)[O-])cc2)C1. The number of nitro benzene ring substituents is 1. The molecule has 2 heterocycles. The number of amides is 2. The number of likely N-dealkylation sites (tertiary alicyclic amines) is 2. The number of aliphatic hydroxyl groups excluding tert-OH is 1. The van der Waals surface area contributed by atoms with Gasteiger partial charge >= 0.3 is 12.2 Å². The Hall–Kier alpha value is -3.08. The number of β-amino-alcohol motifs (C(OH)–C–C–N with tert-alkyl or cyclic N) is 1. The van der Waals surface area contributed by atoms with Gasteiger partial charge in [-0.2, -0.15) is 0 Å². The second-order valence-electron chi connectivity index (χ2n) is 9.92. The van der Waals surface area contributed by atoms with Crippen LogP contribution in [0.15, 0.2) is 24.3 Å². The Morgan fingerprint density at radius 2 is 1.33 bits per heavy atom. The fourth-order valence-corrected chi connectivity index (χ4v) is 2.76. The van der Waals surface area contributed by atoms with Crippen LogP contribution < -0.4 is 4.74 Å². The fraction of sp³-hybridized carbons (Fsp3) is 0.636. The molecule has 2 amide bonds. The zero-order valence-electron chi connectivity index (χ0n) is 19.9. The van der Waals surface area contributed by atoms with Crippen LogP contribution in [0.4, 0.5) is 15.3 Å². The van der Waals surface area contributed by atoms with Crippen LogP contribution in [-0.4, -0.2) is 81.6 Å². The van der Waals surface area contributed by atoms with Crippen molar-refractivity contribution in [3.63, 3.8) is 0 Å². The van der Waals surface area contributed by atoms with Crippen molar-refractivity contribution in [1.29, 1.82) is 0 Å². The van der Waals surface area contributed by atoms with Crippen molar-refractivity contribution in [1.82, 2.24) is 9.80 Å². The van der Waals surface area contributed by atoms with Gasteiger partial charge in [-0.1, -0.05) is 0 Å². The summed E-state index contributed by atoms with van der Waals surface area (Å²) < 4.78 is 15.9. The molecule has 1 N–H and O–H groups in total. The van der Waals surface area contributed by atoms with E-state index in [1.54, 1.807) is 17.0 Å². The summed E-state index contributed by atoms with van der Waals surface area (Å²) in [5.41, 5.74) is -0.940. The smallest absolute Gasteiger partial charge is 0.410 e. The zero-order chi connectivity index (χ0) is 25.0. The van der Waals surface area contributed by atoms with E-state index in [0.717, 1.165) is 0 Å². The van der Waals surface area contributed by atoms with E-state index >= 15 is 0 Å². The first kappa shape index (κ1) is 26.2. The number of carbonyl (C=O) groups is 2. The summed E-state index contributed by atoms with van der Waals surface area (Å²) in [6.07, 6.45) is -1.17. The van der Waals surface area contributed by atoms with Crippen molar-refractivity contribution in [3.8, 4) is 5.75 Å². The molecule has 33 heavy (non-hydrogen) atoms. The third-order valence-electron chi connectivity index (χ3n) is 4.36. The number of nitrogens with zero attached hydrogens (tertiary/aromatic N) is 3. The van der Waals surface area contributed by atoms with Gasteiger partial charge < -0.3 is 29.1 Å². The summed E-state index contributed by atoms with van der Waals surface area (Å²) in [5.74, 6) is 0.550. The number of hydrogen-bond acceptors (Lipinski definition) is 8. The predicted octanol–water partition coefficient (Wildman–Crippen LogP) is 3.19. The van der Waals surface area contributed by atoms with Gasteiger partial charge in [0.05, 0.1) is 37.2 Å². The molecule has 2 fully saturated rings. The number of ether oxygens (including phenoxy) is 3. The predicted molar refractivity (Wildman–Crippen MR) is 119 cm³/mol. The summed E-state index contributed by atoms with van der Waals surface area (Å²) in [4.78, 5) is 36.0. The maximum Gasteiger partial charge on any atom is 0.410 e. The van der Waals surface area contributed by atoms with Crippen LogP contribution in [0.1, 0.15) is 41.5 Å². The number of hydrogen-bond donors (Lipinski definition) is 1. The Bertz CT molecular complexity index is 833. The fourth-order valence-electron chi connectivity index (χ4n) is 2.76. The highest BCUT2D eigenvalue weighted by atomic mass is 16.6. The summed E-state index contributed by atoms with van der Waals surface area (Å²) in [6.45, 7) is 12.6. The van der Waals surface area contributed by atoms with E-state index in [4.69, 9.17) is 19.3 Å². The molecule has 0 radical (unpaired) electrons. The molecule has 1 aromatic carbocycles. The van der Waals surface area contributed by atoms with Gasteiger partial charge in [0.2, 0.25) is 0 Å². The van der Waals surface area contributed by atoms with E-state index in [1.807, 2.05) is 41.5 Å². The first-order chi connectivity index (χ1) is 15.1. The highest BCUT2D eigenvalue weighted by molar-refractivity contribution is 5.69. The molecule has 3 rings (SSSR count). The number of aliphatic hydroxyl groups is 1. The molecule has 0 bridgehead atoms. The van der Waals surface area contributed by atoms with Gasteiger partial charge in [-0.25, -0.2) is 9.59 Å². The Morgan fingerprint density at radius 1 is 0.909 bits per heavy atom. The lowest BCUT2D eigenvalue weighted by atomic mass is 10.1. The molecule has 184 valence electrons. The Kier molecular flexibility index (Phi) is 8.12. The second-order valence-corrected chi connectivity index (χ2v) is 9.92. The average molecular weight is 468 g/mol. The van der Waals surface area contributed by atoms with E-state index in [-0.39, 0.29) is 30.1 Å². The standard InChI is InChI=1S/C14H18N2O5.C8H15NO3/c1-14(2,3)21-13(17)15-8-12(9-15)20-11-6-4-10(5-7-11)16(18)19;1-8(2,3)12-7(11)9-4-6(10)5-9/h4-7,12H,8-9H2,1-3H3;6,10H,4-5H2,1-3H3. The molecule has 2 saturated heterocycles. The number of carbonyl (C=O) groups excluding carboxylic acids is 2. The monoisotopic (exact) mass is 467 g/mol. The van der Waals surface area contributed by atoms with Gasteiger partial charge in [-0.15, -0.1) is 0 Å². The lowest BCUT2D eigenvalue weighted by Gasteiger charge is -2.39. The number of benzene rings is 1. The molecule has 11 heteroatoms. The van der Waals surface area contributed by atoms with Crippen LogP contribution in [0, 0.1) is 10.1 Å². The molecule has 0 atom stereocenters. The average Bonchev–Trinajstić information content (AvgIpc) is 2.59. The van der Waals surface area contributed by atoms with Crippen LogP contribution in [0.3, 0.4) is 0 Å². The lowest BCUT2D eigenvalue weighted by Crippen LogP contribution is -2.57. The summed E-state index contributed by atoms with van der Waals surface area (Å²) in [5, 5.41) is 19.5. The maximum atomic E-state index is 11.7. The molecule has 0 aromatic heterocycles. The molecule has 0 saturated carbocycles. The molecule has 11 nitrogen and oxygen atoms in total. The molecule has 1 aromatic rings. The summed E-state index contributed by atoms with van der Waals surface area (Å²) >= 11 is 0. The van der Waals surface area contributed by atoms with Crippen molar-refractivity contribution in [2.24, 2.45) is 0 Å². The van der Waals surface area contributed by atoms with E-state index in [0.29, 0.717) is 31.9 Å². The second kappa shape index (κ2) is 10.2. The van der Waals surface area contributed by atoms with Crippen LogP contribution in [-0.2, 0) is 9.47 Å². The molecule has 2 aliphatic rings. The highest BCUT2D eigenvalue weighted by Crippen LogP contribution is 2.22. The minimum atomic E-state index is -0.513. The lowest BCUT2D eigenvalue weighted by molar-refractivity contribution is -0.384. The van der Waals surface area contributed by atoms with Crippen molar-refractivity contribution in [2.75, 3.05) is 26.2 Å². The van der Waals surface area contributed by atoms with Crippen molar-refractivity contribution >= 4 is 17.9 Å². The van der Waals surface area contributed by atoms with Gasteiger partial charge in [0.25, 0.3) is 5.69 Å². The van der Waals surface area contributed by atoms with Gasteiger partial charge in [0.1, 0.15) is 23.1 Å². The van der Waals surface area contributed by atoms with Gasteiger partial charge in [-0.05, 0) is 53.7 Å². The van der Waals surface area contributed by atoms with Crippen molar-refractivity contribution in [2.45, 2.75) is 65.0 Å². The largest absolute Gasteiger partial charge is 0.487 e. The van der Waals surface area contributed by atoms with E-state index in [9.17, 15) is 19.7 Å². The van der Waals surface area contributed by atoms with E-state index in [2.05, 4.69) is 0 Å². The summed E-state index contributed by atoms with van der Waals surface area (Å²) in [6, 6.07) is 5.88. The number of non-ortho nitro benzene ring substituents is 1. The van der Waals surface area contributed by atoms with Crippen molar-refractivity contribution < 1.29 is 33.8 Å². The molecular formula is C22H33N3O8. The van der Waals surface area contributed by atoms with E-state index < -0.39 is 16.1 Å². The number of rotatable bonds is 3. The zero-order valence-corrected chi connectivity index (χ0v) is 19.9. The molecule has 0 unspecified atom stereocenters. The molecular weight excluding hydrogens is 434 g/mol. The number of nitro groups is 1. The third-order valence-corrected chi connectivity index (χ3v) is 4.36. The Balaban J connectivity index is 0.000000273. The van der Waals surface area contributed by atoms with Crippen molar-refractivity contribution in [3.05, 3.63) is 34.4 Å². The van der Waals surface area contributed by atoms with Crippen LogP contribution in [0.25, 0.3) is 0 Å². The quantitative estimate of drug-likeness (QED) is 0.529. The molecule has 2 aliphatic heterocycles. The highest BCUT2D eigenvalue weighted by Gasteiger charge is 2.35. The first-order valence-corrected chi connectivity index (χ1v) is 10.7. The molecule has 0 spiro atoms. The minimum absolute atomic E-state index is 0.0198. The maximum absolute atomic E-state index is 11.7. The van der Waals surface area contributed by atoms with Gasteiger partial charge in [0, 0.05) is 12.1 Å². The van der Waals surface area contributed by atoms with Crippen LogP contribution in [0.2, 0.25) is 0 Å². The normalized spacial score (nSPS) is 16.6. The molecule has 0 aliphatic carbocycles. The first-order valence-electron chi connectivity index (χ1n) is 10.7. The summed E-state index contributed by atoms with van der Waals surface area (Å²) in [7, 11) is 0. The Labute approximate surface area is 193 Å².